The fourth-order valence-electron chi connectivity index (χ4n) is 12.5. The molecule has 9 heteroatoms. The largest absolute Gasteiger partial charge is 0.416 e. The monoisotopic (exact) mass is 953 g/mol. The zero-order chi connectivity index (χ0) is 49.8. The summed E-state index contributed by atoms with van der Waals surface area (Å²) in [4.78, 5) is 0. The molecule has 2 aliphatic rings. The third-order valence-corrected chi connectivity index (χ3v) is 15.5. The van der Waals surface area contributed by atoms with E-state index in [4.69, 9.17) is 0 Å². The summed E-state index contributed by atoms with van der Waals surface area (Å²) < 4.78 is 92.6. The highest BCUT2D eigenvalue weighted by Gasteiger charge is 2.41. The fraction of sp³-hybridized carbons (Fsp3) is 0.127. The number of benzene rings is 9. The van der Waals surface area contributed by atoms with Crippen molar-refractivity contribution in [2.45, 2.75) is 50.9 Å². The third-order valence-electron chi connectivity index (χ3n) is 15.5. The van der Waals surface area contributed by atoms with Gasteiger partial charge < -0.3 is 9.13 Å². The van der Waals surface area contributed by atoms with Gasteiger partial charge in [-0.05, 0) is 134 Å². The van der Waals surface area contributed by atoms with Gasteiger partial charge in [0.15, 0.2) is 0 Å². The molecule has 11 aromatic rings. The molecule has 72 heavy (non-hydrogen) atoms. The molecular formula is C63H41F6N3. The first-order chi connectivity index (χ1) is 34.5. The molecule has 0 unspecified atom stereocenters. The van der Waals surface area contributed by atoms with Crippen LogP contribution in [0.5, 0.6) is 0 Å². The van der Waals surface area contributed by atoms with E-state index in [-0.39, 0.29) is 28.2 Å². The molecule has 0 bridgehead atoms. The number of nitriles is 1. The number of halogens is 6. The van der Waals surface area contributed by atoms with Crippen LogP contribution in [0.2, 0.25) is 0 Å². The normalized spacial score (nSPS) is 14.5. The minimum absolute atomic E-state index is 0.128. The van der Waals surface area contributed by atoms with Crippen molar-refractivity contribution in [1.29, 1.82) is 5.26 Å². The standard InChI is InChI=1S/C63H41F6N3/c1-60(2)49-17-9-5-13-41(49)43-24-27-54-56(58(43)60)45-15-7-11-19-51(45)71(54)39-22-23-40(36-30-37(62(64,65)66)32-38(31-36)63(67,68)69)47(33-39)48-29-35(34-70)21-26-53(48)72-52-20-12-8-16-46(52)57-55(72)28-25-44-42-14-6-10-18-50(42)61(3,4)59(44)57/h5-33H,1-4H3. The van der Waals surface area contributed by atoms with Gasteiger partial charge >= 0.3 is 12.4 Å². The highest BCUT2D eigenvalue weighted by atomic mass is 19.4. The summed E-state index contributed by atoms with van der Waals surface area (Å²) in [5, 5.41) is 14.6. The van der Waals surface area contributed by atoms with Crippen LogP contribution in [-0.4, -0.2) is 9.13 Å². The predicted octanol–water partition coefficient (Wildman–Crippen LogP) is 17.7. The highest BCUT2D eigenvalue weighted by Crippen LogP contribution is 2.56. The summed E-state index contributed by atoms with van der Waals surface area (Å²) in [6, 6.07) is 55.9. The van der Waals surface area contributed by atoms with E-state index < -0.39 is 28.9 Å². The van der Waals surface area contributed by atoms with Gasteiger partial charge in [-0.1, -0.05) is 131 Å². The molecule has 13 rings (SSSR count). The molecule has 0 amide bonds. The minimum Gasteiger partial charge on any atom is -0.309 e. The van der Waals surface area contributed by atoms with E-state index in [1.54, 1.807) is 24.3 Å². The smallest absolute Gasteiger partial charge is 0.309 e. The minimum atomic E-state index is -5.09. The van der Waals surface area contributed by atoms with Crippen LogP contribution >= 0.6 is 0 Å². The van der Waals surface area contributed by atoms with Crippen LogP contribution in [0.15, 0.2) is 176 Å². The maximum absolute atomic E-state index is 14.7. The number of hydrogen-bond acceptors (Lipinski definition) is 1. The lowest BCUT2D eigenvalue weighted by atomic mass is 9.80. The SMILES string of the molecule is CC1(C)c2ccccc2-c2ccc3c(c21)c1ccccc1n3-c1ccc(-c2cc(C(F)(F)F)cc(C(F)(F)F)c2)c(-c2cc(C#N)ccc2-n2c3ccccc3c3c4c(ccc32)-c2ccccc2C4(C)C)c1. The second kappa shape index (κ2) is 14.8. The van der Waals surface area contributed by atoms with Crippen molar-refractivity contribution in [3.05, 3.63) is 215 Å². The van der Waals surface area contributed by atoms with Crippen LogP contribution < -0.4 is 0 Å². The number of alkyl halides is 6. The second-order valence-corrected chi connectivity index (χ2v) is 20.2. The van der Waals surface area contributed by atoms with Gasteiger partial charge in [-0.15, -0.1) is 0 Å². The second-order valence-electron chi connectivity index (χ2n) is 20.2. The Bertz CT molecular complexity index is 4180. The topological polar surface area (TPSA) is 33.6 Å². The van der Waals surface area contributed by atoms with Crippen molar-refractivity contribution in [2.24, 2.45) is 0 Å². The predicted molar refractivity (Wildman–Crippen MR) is 276 cm³/mol. The van der Waals surface area contributed by atoms with Gasteiger partial charge in [0.1, 0.15) is 0 Å². The van der Waals surface area contributed by atoms with Gasteiger partial charge in [-0.3, -0.25) is 0 Å². The average molecular weight is 954 g/mol. The number of aromatic nitrogens is 2. The molecule has 0 radical (unpaired) electrons. The summed E-state index contributed by atoms with van der Waals surface area (Å²) in [5.41, 5.74) is 11.3. The first-order valence-corrected chi connectivity index (χ1v) is 23.8. The lowest BCUT2D eigenvalue weighted by Crippen LogP contribution is -2.15. The molecule has 0 fully saturated rings. The summed E-state index contributed by atoms with van der Waals surface area (Å²) in [5.74, 6) is 0. The van der Waals surface area contributed by atoms with E-state index in [0.717, 1.165) is 83.6 Å². The lowest BCUT2D eigenvalue weighted by molar-refractivity contribution is -0.143. The first kappa shape index (κ1) is 43.7. The zero-order valence-corrected chi connectivity index (χ0v) is 39.4. The number of hydrogen-bond donors (Lipinski definition) is 0. The maximum Gasteiger partial charge on any atom is 0.416 e. The molecular weight excluding hydrogens is 913 g/mol. The van der Waals surface area contributed by atoms with Gasteiger partial charge in [0.25, 0.3) is 0 Å². The Balaban J connectivity index is 1.14. The van der Waals surface area contributed by atoms with Gasteiger partial charge in [0.05, 0.1) is 50.5 Å². The van der Waals surface area contributed by atoms with Crippen LogP contribution in [-0.2, 0) is 23.2 Å². The maximum atomic E-state index is 14.7. The Morgan fingerprint density at radius 2 is 0.903 bits per heavy atom. The van der Waals surface area contributed by atoms with Crippen molar-refractivity contribution in [3.8, 4) is 62.0 Å². The molecule has 2 aliphatic carbocycles. The lowest BCUT2D eigenvalue weighted by Gasteiger charge is -2.23. The highest BCUT2D eigenvalue weighted by molar-refractivity contribution is 6.16. The number of para-hydroxylation sites is 2. The quantitative estimate of drug-likeness (QED) is 0.162. The van der Waals surface area contributed by atoms with Gasteiger partial charge in [-0.25, -0.2) is 0 Å². The van der Waals surface area contributed by atoms with Crippen LogP contribution in [0.25, 0.3) is 99.5 Å². The molecule has 0 atom stereocenters. The number of fused-ring (bicyclic) bond motifs is 14. The van der Waals surface area contributed by atoms with E-state index in [0.29, 0.717) is 22.5 Å². The fourth-order valence-corrected chi connectivity index (χ4v) is 12.5. The average Bonchev–Trinajstić information content (AvgIpc) is 4.04. The van der Waals surface area contributed by atoms with E-state index in [1.807, 2.05) is 60.7 Å². The molecule has 0 saturated carbocycles. The number of nitrogens with zero attached hydrogens (tertiary/aromatic N) is 3. The molecule has 350 valence electrons. The third kappa shape index (κ3) is 6.05. The van der Waals surface area contributed by atoms with E-state index in [2.05, 4.69) is 116 Å². The molecule has 0 N–H and O–H groups in total. The van der Waals surface area contributed by atoms with E-state index in [9.17, 15) is 31.6 Å². The van der Waals surface area contributed by atoms with E-state index >= 15 is 0 Å². The molecule has 0 spiro atoms. The Morgan fingerprint density at radius 1 is 0.417 bits per heavy atom. The Labute approximate surface area is 410 Å². The molecule has 9 aromatic carbocycles. The Morgan fingerprint density at radius 3 is 1.44 bits per heavy atom. The Hall–Kier alpha value is -8.35. The zero-order valence-electron chi connectivity index (χ0n) is 39.4. The molecule has 2 heterocycles. The number of rotatable bonds is 4. The van der Waals surface area contributed by atoms with Crippen LogP contribution in [0.4, 0.5) is 26.3 Å². The van der Waals surface area contributed by atoms with Crippen molar-refractivity contribution in [3.63, 3.8) is 0 Å². The van der Waals surface area contributed by atoms with Crippen LogP contribution in [0, 0.1) is 11.3 Å². The molecule has 2 aromatic heterocycles. The summed E-state index contributed by atoms with van der Waals surface area (Å²) in [6.07, 6.45) is -10.2. The molecule has 0 saturated heterocycles. The van der Waals surface area contributed by atoms with Gasteiger partial charge in [0, 0.05) is 43.6 Å². The van der Waals surface area contributed by atoms with Gasteiger partial charge in [-0.2, -0.15) is 31.6 Å². The van der Waals surface area contributed by atoms with Crippen molar-refractivity contribution in [2.75, 3.05) is 0 Å². The first-order valence-electron chi connectivity index (χ1n) is 23.8. The molecule has 0 aliphatic heterocycles. The van der Waals surface area contributed by atoms with Gasteiger partial charge in [0.2, 0.25) is 0 Å². The van der Waals surface area contributed by atoms with Crippen molar-refractivity contribution < 1.29 is 26.3 Å². The summed E-state index contributed by atoms with van der Waals surface area (Å²) in [7, 11) is 0. The van der Waals surface area contributed by atoms with E-state index in [1.165, 1.54) is 16.7 Å². The molecule has 3 nitrogen and oxygen atoms in total. The van der Waals surface area contributed by atoms with Crippen LogP contribution in [0.1, 0.15) is 66.6 Å². The van der Waals surface area contributed by atoms with Crippen molar-refractivity contribution in [1.82, 2.24) is 9.13 Å². The summed E-state index contributed by atoms with van der Waals surface area (Å²) in [6.45, 7) is 8.90. The van der Waals surface area contributed by atoms with Crippen LogP contribution in [0.3, 0.4) is 0 Å². The van der Waals surface area contributed by atoms with Crippen molar-refractivity contribution >= 4 is 43.6 Å². The summed E-state index contributed by atoms with van der Waals surface area (Å²) >= 11 is 0. The Kier molecular flexibility index (Phi) is 9.00.